The second-order valence-electron chi connectivity index (χ2n) is 8.14. The number of amides is 1. The fourth-order valence-corrected chi connectivity index (χ4v) is 3.71. The highest BCUT2D eigenvalue weighted by Crippen LogP contribution is 2.23. The fourth-order valence-electron chi connectivity index (χ4n) is 3.71. The number of nitrogens with zero attached hydrogens (tertiary/aromatic N) is 3. The summed E-state index contributed by atoms with van der Waals surface area (Å²) in [4.78, 5) is 19.2. The number of piperidine rings is 1. The summed E-state index contributed by atoms with van der Waals surface area (Å²) in [5.74, 6) is 1.17. The normalized spacial score (nSPS) is 15.2. The smallest absolute Gasteiger partial charge is 0.258 e. The van der Waals surface area contributed by atoms with Crippen molar-refractivity contribution in [2.24, 2.45) is 5.92 Å². The van der Waals surface area contributed by atoms with Gasteiger partial charge in [-0.25, -0.2) is 4.39 Å². The van der Waals surface area contributed by atoms with Gasteiger partial charge in [0.25, 0.3) is 11.8 Å². The summed E-state index contributed by atoms with van der Waals surface area (Å²) < 4.78 is 18.4. The molecule has 7 heteroatoms. The molecule has 1 aliphatic heterocycles. The van der Waals surface area contributed by atoms with Crippen LogP contribution in [0.3, 0.4) is 0 Å². The molecule has 1 amide bonds. The van der Waals surface area contributed by atoms with Crippen LogP contribution in [0, 0.1) is 11.7 Å². The minimum absolute atomic E-state index is 0.0867. The quantitative estimate of drug-likeness (QED) is 0.572. The van der Waals surface area contributed by atoms with Gasteiger partial charge in [0.2, 0.25) is 5.82 Å². The summed E-state index contributed by atoms with van der Waals surface area (Å²) in [6.45, 7) is 6.33. The van der Waals surface area contributed by atoms with Gasteiger partial charge >= 0.3 is 0 Å². The van der Waals surface area contributed by atoms with E-state index in [1.165, 1.54) is 25.0 Å². The van der Waals surface area contributed by atoms with E-state index in [-0.39, 0.29) is 11.7 Å². The predicted molar refractivity (Wildman–Crippen MR) is 117 cm³/mol. The summed E-state index contributed by atoms with van der Waals surface area (Å²) in [5.41, 5.74) is 1.98. The van der Waals surface area contributed by atoms with Gasteiger partial charge in [-0.3, -0.25) is 4.79 Å². The Morgan fingerprint density at radius 3 is 2.48 bits per heavy atom. The lowest BCUT2D eigenvalue weighted by Crippen LogP contribution is -2.35. The van der Waals surface area contributed by atoms with Gasteiger partial charge < -0.3 is 14.7 Å². The third-order valence-corrected chi connectivity index (χ3v) is 5.74. The fraction of sp³-hybridized carbons (Fsp3) is 0.375. The summed E-state index contributed by atoms with van der Waals surface area (Å²) >= 11 is 0. The van der Waals surface area contributed by atoms with Gasteiger partial charge in [0, 0.05) is 23.2 Å². The largest absolute Gasteiger partial charge is 0.352 e. The number of carbonyl (C=O) groups is 1. The van der Waals surface area contributed by atoms with E-state index < -0.39 is 0 Å². The lowest BCUT2D eigenvalue weighted by atomic mass is 9.99. The molecule has 0 saturated carbocycles. The van der Waals surface area contributed by atoms with E-state index in [4.69, 9.17) is 4.52 Å². The first-order valence-corrected chi connectivity index (χ1v) is 10.8. The molecule has 0 bridgehead atoms. The van der Waals surface area contributed by atoms with Crippen molar-refractivity contribution in [1.29, 1.82) is 0 Å². The third-order valence-electron chi connectivity index (χ3n) is 5.74. The van der Waals surface area contributed by atoms with Crippen LogP contribution in [0.5, 0.6) is 0 Å². The molecule has 6 nitrogen and oxygen atoms in total. The molecule has 2 aromatic carbocycles. The Labute approximate surface area is 181 Å². The Hall–Kier alpha value is -3.06. The first kappa shape index (κ1) is 21.2. The van der Waals surface area contributed by atoms with Crippen molar-refractivity contribution < 1.29 is 13.7 Å². The topological polar surface area (TPSA) is 71.3 Å². The van der Waals surface area contributed by atoms with E-state index in [9.17, 15) is 9.18 Å². The van der Waals surface area contributed by atoms with Crippen LogP contribution >= 0.6 is 0 Å². The Morgan fingerprint density at radius 2 is 1.77 bits per heavy atom. The van der Waals surface area contributed by atoms with Crippen LogP contribution in [0.2, 0.25) is 0 Å². The summed E-state index contributed by atoms with van der Waals surface area (Å²) in [7, 11) is 0. The molecule has 1 aliphatic rings. The van der Waals surface area contributed by atoms with Crippen molar-refractivity contribution in [2.75, 3.05) is 26.2 Å². The second kappa shape index (κ2) is 9.83. The first-order chi connectivity index (χ1) is 15.1. The van der Waals surface area contributed by atoms with Crippen molar-refractivity contribution in [3.63, 3.8) is 0 Å². The molecule has 31 heavy (non-hydrogen) atoms. The maximum Gasteiger partial charge on any atom is 0.258 e. The minimum atomic E-state index is -0.317. The van der Waals surface area contributed by atoms with Crippen molar-refractivity contribution in [3.8, 4) is 22.8 Å². The molecular formula is C24H27FN4O2. The van der Waals surface area contributed by atoms with Gasteiger partial charge in [0.15, 0.2) is 0 Å². The van der Waals surface area contributed by atoms with Crippen LogP contribution in [-0.2, 0) is 0 Å². The highest BCUT2D eigenvalue weighted by molar-refractivity contribution is 5.94. The zero-order valence-corrected chi connectivity index (χ0v) is 17.7. The summed E-state index contributed by atoms with van der Waals surface area (Å²) in [5, 5.41) is 6.94. The molecule has 0 radical (unpaired) electrons. The van der Waals surface area contributed by atoms with Gasteiger partial charge in [-0.05, 0) is 93.3 Å². The number of hydrogen-bond acceptors (Lipinski definition) is 5. The average Bonchev–Trinajstić information content (AvgIpc) is 3.29. The Morgan fingerprint density at radius 1 is 1.10 bits per heavy atom. The van der Waals surface area contributed by atoms with Crippen molar-refractivity contribution in [3.05, 3.63) is 59.9 Å². The maximum atomic E-state index is 13.1. The SMILES string of the molecule is CC1CCN(CCCNC(=O)c2ccc(-c3nc(-c4ccc(F)cc4)no3)cc2)CC1. The zero-order valence-electron chi connectivity index (χ0n) is 17.7. The standard InChI is InChI=1S/C24H27FN4O2/c1-17-11-15-29(16-12-17)14-2-13-26-23(30)19-3-5-20(6-4-19)24-27-22(28-31-24)18-7-9-21(25)10-8-18/h3-10,17H,2,11-16H2,1H3,(H,26,30). The van der Waals surface area contributed by atoms with Gasteiger partial charge in [-0.1, -0.05) is 12.1 Å². The first-order valence-electron chi connectivity index (χ1n) is 10.8. The maximum absolute atomic E-state index is 13.1. The number of halogens is 1. The molecule has 3 aromatic rings. The predicted octanol–water partition coefficient (Wildman–Crippen LogP) is 4.39. The van der Waals surface area contributed by atoms with E-state index in [1.54, 1.807) is 36.4 Å². The number of nitrogens with one attached hydrogen (secondary N) is 1. The van der Waals surface area contributed by atoms with Crippen LogP contribution < -0.4 is 5.32 Å². The lowest BCUT2D eigenvalue weighted by molar-refractivity contribution is 0.0950. The number of likely N-dealkylation sites (tertiary alicyclic amines) is 1. The number of rotatable bonds is 7. The van der Waals surface area contributed by atoms with Gasteiger partial charge in [0.05, 0.1) is 0 Å². The second-order valence-corrected chi connectivity index (χ2v) is 8.14. The molecule has 1 saturated heterocycles. The zero-order chi connectivity index (χ0) is 21.6. The number of benzene rings is 2. The molecule has 0 unspecified atom stereocenters. The summed E-state index contributed by atoms with van der Waals surface area (Å²) in [6.07, 6.45) is 3.49. The van der Waals surface area contributed by atoms with Crippen LogP contribution in [-0.4, -0.2) is 47.1 Å². The third kappa shape index (κ3) is 5.55. The molecule has 1 fully saturated rings. The van der Waals surface area contributed by atoms with Crippen LogP contribution in [0.1, 0.15) is 36.5 Å². The Bertz CT molecular complexity index is 993. The molecule has 4 rings (SSSR count). The Balaban J connectivity index is 1.28. The van der Waals surface area contributed by atoms with E-state index in [1.807, 2.05) is 0 Å². The van der Waals surface area contributed by atoms with E-state index in [0.29, 0.717) is 29.4 Å². The molecule has 1 N–H and O–H groups in total. The Kier molecular flexibility index (Phi) is 6.72. The monoisotopic (exact) mass is 422 g/mol. The van der Waals surface area contributed by atoms with Crippen molar-refractivity contribution >= 4 is 5.91 Å². The average molecular weight is 423 g/mol. The van der Waals surface area contributed by atoms with Crippen molar-refractivity contribution in [2.45, 2.75) is 26.2 Å². The molecule has 0 aliphatic carbocycles. The number of aromatic nitrogens is 2. The highest BCUT2D eigenvalue weighted by Gasteiger charge is 2.15. The molecule has 0 atom stereocenters. The van der Waals surface area contributed by atoms with Crippen LogP contribution in [0.25, 0.3) is 22.8 Å². The molecule has 0 spiro atoms. The van der Waals surface area contributed by atoms with Gasteiger partial charge in [0.1, 0.15) is 5.82 Å². The van der Waals surface area contributed by atoms with Crippen molar-refractivity contribution in [1.82, 2.24) is 20.4 Å². The minimum Gasteiger partial charge on any atom is -0.352 e. The lowest BCUT2D eigenvalue weighted by Gasteiger charge is -2.30. The molecule has 1 aromatic heterocycles. The van der Waals surface area contributed by atoms with Gasteiger partial charge in [-0.2, -0.15) is 4.98 Å². The number of hydrogen-bond donors (Lipinski definition) is 1. The van der Waals surface area contributed by atoms with Gasteiger partial charge in [-0.15, -0.1) is 0 Å². The number of carbonyl (C=O) groups excluding carboxylic acids is 1. The highest BCUT2D eigenvalue weighted by atomic mass is 19.1. The van der Waals surface area contributed by atoms with Crippen LogP contribution in [0.4, 0.5) is 4.39 Å². The van der Waals surface area contributed by atoms with E-state index >= 15 is 0 Å². The van der Waals surface area contributed by atoms with E-state index in [2.05, 4.69) is 27.3 Å². The summed E-state index contributed by atoms with van der Waals surface area (Å²) in [6, 6.07) is 13.0. The molecule has 162 valence electrons. The molecule has 2 heterocycles. The molecular weight excluding hydrogens is 395 g/mol. The van der Waals surface area contributed by atoms with Crippen LogP contribution in [0.15, 0.2) is 53.1 Å². The van der Waals surface area contributed by atoms with E-state index in [0.717, 1.165) is 37.5 Å².